The summed E-state index contributed by atoms with van der Waals surface area (Å²) in [7, 11) is 1.33. The molecule has 23 heavy (non-hydrogen) atoms. The lowest BCUT2D eigenvalue weighted by molar-refractivity contribution is -0.159. The van der Waals surface area contributed by atoms with Gasteiger partial charge >= 0.3 is 12.1 Å². The average Bonchev–Trinajstić information content (AvgIpc) is 2.97. The summed E-state index contributed by atoms with van der Waals surface area (Å²) in [5.41, 5.74) is 0.893. The number of hydrogen-bond donors (Lipinski definition) is 0. The van der Waals surface area contributed by atoms with Crippen LogP contribution in [0.3, 0.4) is 0 Å². The van der Waals surface area contributed by atoms with Crippen molar-refractivity contribution in [3.05, 3.63) is 35.9 Å². The molecule has 1 aliphatic rings. The number of amides is 1. The van der Waals surface area contributed by atoms with Crippen molar-refractivity contribution < 1.29 is 23.9 Å². The van der Waals surface area contributed by atoms with E-state index in [1.54, 1.807) is 0 Å². The van der Waals surface area contributed by atoms with Gasteiger partial charge in [0.2, 0.25) is 0 Å². The molecule has 1 amide bonds. The summed E-state index contributed by atoms with van der Waals surface area (Å²) in [6, 6.07) is 9.05. The molecule has 126 valence electrons. The summed E-state index contributed by atoms with van der Waals surface area (Å²) in [5, 5.41) is 1.19. The predicted molar refractivity (Wildman–Crippen MR) is 83.2 cm³/mol. The molecular formula is C17H23NO5. The second-order valence-electron chi connectivity index (χ2n) is 5.92. The lowest BCUT2D eigenvalue weighted by atomic mass is 9.99. The van der Waals surface area contributed by atoms with Gasteiger partial charge in [-0.25, -0.2) is 4.79 Å². The quantitative estimate of drug-likeness (QED) is 0.780. The predicted octanol–water partition coefficient (Wildman–Crippen LogP) is 2.92. The minimum atomic E-state index is -0.578. The fourth-order valence-electron chi connectivity index (χ4n) is 2.45. The zero-order chi connectivity index (χ0) is 16.8. The molecule has 6 nitrogen and oxygen atoms in total. The Labute approximate surface area is 136 Å². The van der Waals surface area contributed by atoms with Gasteiger partial charge < -0.3 is 9.47 Å². The molecule has 0 radical (unpaired) electrons. The number of methoxy groups -OCH3 is 1. The number of esters is 1. The summed E-state index contributed by atoms with van der Waals surface area (Å²) >= 11 is 0. The van der Waals surface area contributed by atoms with Crippen LogP contribution in [-0.4, -0.2) is 36.4 Å². The standard InChI is InChI=1S/C17H23NO5/c1-12(2)15-9-14(10-16(19)21-3)18(23-15)17(20)22-11-13-7-5-4-6-8-13/h4-8,12,14-15H,9-11H2,1-3H3. The van der Waals surface area contributed by atoms with Crippen LogP contribution in [0.2, 0.25) is 0 Å². The highest BCUT2D eigenvalue weighted by molar-refractivity contribution is 5.72. The molecule has 1 heterocycles. The molecule has 0 saturated carbocycles. The van der Waals surface area contributed by atoms with E-state index in [4.69, 9.17) is 14.3 Å². The molecule has 1 aromatic carbocycles. The molecule has 2 rings (SSSR count). The number of hydrogen-bond acceptors (Lipinski definition) is 5. The molecule has 1 fully saturated rings. The number of rotatable bonds is 5. The van der Waals surface area contributed by atoms with Crippen molar-refractivity contribution in [1.29, 1.82) is 0 Å². The Bertz CT molecular complexity index is 531. The Balaban J connectivity index is 1.98. The van der Waals surface area contributed by atoms with Crippen LogP contribution in [-0.2, 0) is 25.7 Å². The zero-order valence-corrected chi connectivity index (χ0v) is 13.7. The van der Waals surface area contributed by atoms with Crippen LogP contribution in [0.15, 0.2) is 30.3 Å². The summed E-state index contributed by atoms with van der Waals surface area (Å²) in [5.74, 6) is -0.133. The number of carbonyl (C=O) groups excluding carboxylic acids is 2. The molecule has 0 bridgehead atoms. The van der Waals surface area contributed by atoms with Gasteiger partial charge in [-0.3, -0.25) is 9.63 Å². The van der Waals surface area contributed by atoms with E-state index in [2.05, 4.69) is 0 Å². The molecule has 0 aliphatic carbocycles. The molecule has 0 N–H and O–H groups in total. The molecule has 0 spiro atoms. The topological polar surface area (TPSA) is 65.1 Å². The fraction of sp³-hybridized carbons (Fsp3) is 0.529. The van der Waals surface area contributed by atoms with Crippen molar-refractivity contribution in [1.82, 2.24) is 5.06 Å². The van der Waals surface area contributed by atoms with Gasteiger partial charge in [-0.1, -0.05) is 44.2 Å². The number of carbonyl (C=O) groups is 2. The molecule has 2 atom stereocenters. The summed E-state index contributed by atoms with van der Waals surface area (Å²) < 4.78 is 9.99. The molecule has 1 aromatic rings. The van der Waals surface area contributed by atoms with E-state index in [9.17, 15) is 9.59 Å². The van der Waals surface area contributed by atoms with Crippen LogP contribution in [0, 0.1) is 5.92 Å². The second-order valence-corrected chi connectivity index (χ2v) is 5.92. The third-order valence-electron chi connectivity index (χ3n) is 3.84. The van der Waals surface area contributed by atoms with Crippen LogP contribution in [0.5, 0.6) is 0 Å². The van der Waals surface area contributed by atoms with Gasteiger partial charge in [-0.2, -0.15) is 5.06 Å². The summed E-state index contributed by atoms with van der Waals surface area (Å²) in [4.78, 5) is 29.5. The highest BCUT2D eigenvalue weighted by Gasteiger charge is 2.40. The Kier molecular flexibility index (Phi) is 5.98. The maximum Gasteiger partial charge on any atom is 0.434 e. The first-order valence-corrected chi connectivity index (χ1v) is 7.74. The van der Waals surface area contributed by atoms with Crippen LogP contribution in [0.25, 0.3) is 0 Å². The fourth-order valence-corrected chi connectivity index (χ4v) is 2.45. The van der Waals surface area contributed by atoms with Crippen molar-refractivity contribution in [2.45, 2.75) is 45.4 Å². The molecule has 6 heteroatoms. The Hall–Kier alpha value is -2.08. The summed E-state index contributed by atoms with van der Waals surface area (Å²) in [6.45, 7) is 4.19. The van der Waals surface area contributed by atoms with Crippen LogP contribution >= 0.6 is 0 Å². The van der Waals surface area contributed by atoms with E-state index in [0.29, 0.717) is 6.42 Å². The van der Waals surface area contributed by atoms with Gasteiger partial charge in [0.05, 0.1) is 25.7 Å². The smallest absolute Gasteiger partial charge is 0.434 e. The second kappa shape index (κ2) is 7.97. The van der Waals surface area contributed by atoms with Gasteiger partial charge in [-0.05, 0) is 11.5 Å². The maximum absolute atomic E-state index is 12.3. The minimum Gasteiger partial charge on any atom is -0.469 e. The molecular weight excluding hydrogens is 298 g/mol. The third kappa shape index (κ3) is 4.69. The van der Waals surface area contributed by atoms with Gasteiger partial charge in [0, 0.05) is 6.42 Å². The highest BCUT2D eigenvalue weighted by atomic mass is 16.7. The van der Waals surface area contributed by atoms with Gasteiger partial charge in [0.25, 0.3) is 0 Å². The maximum atomic E-state index is 12.3. The van der Waals surface area contributed by atoms with Crippen LogP contribution in [0.4, 0.5) is 4.79 Å². The monoisotopic (exact) mass is 321 g/mol. The van der Waals surface area contributed by atoms with E-state index in [0.717, 1.165) is 5.56 Å². The number of nitrogens with zero attached hydrogens (tertiary/aromatic N) is 1. The molecule has 0 aromatic heterocycles. The van der Waals surface area contributed by atoms with Gasteiger partial charge in [-0.15, -0.1) is 0 Å². The third-order valence-corrected chi connectivity index (χ3v) is 3.84. The van der Waals surface area contributed by atoms with E-state index >= 15 is 0 Å². The van der Waals surface area contributed by atoms with Crippen molar-refractivity contribution in [3.63, 3.8) is 0 Å². The Morgan fingerprint density at radius 2 is 2.00 bits per heavy atom. The van der Waals surface area contributed by atoms with Crippen molar-refractivity contribution in [3.8, 4) is 0 Å². The summed E-state index contributed by atoms with van der Waals surface area (Å²) in [6.07, 6.45) is -0.00674. The van der Waals surface area contributed by atoms with Gasteiger partial charge in [0.15, 0.2) is 0 Å². The normalized spacial score (nSPS) is 20.6. The van der Waals surface area contributed by atoms with Gasteiger partial charge in [0.1, 0.15) is 6.61 Å². The minimum absolute atomic E-state index is 0.0974. The van der Waals surface area contributed by atoms with Crippen molar-refractivity contribution in [2.75, 3.05) is 7.11 Å². The molecule has 1 saturated heterocycles. The first kappa shape index (κ1) is 17.3. The Morgan fingerprint density at radius 3 is 2.61 bits per heavy atom. The van der Waals surface area contributed by atoms with E-state index < -0.39 is 6.09 Å². The lowest BCUT2D eigenvalue weighted by Crippen LogP contribution is -2.36. The van der Waals surface area contributed by atoms with E-state index in [-0.39, 0.29) is 37.1 Å². The molecule has 2 unspecified atom stereocenters. The zero-order valence-electron chi connectivity index (χ0n) is 13.7. The van der Waals surface area contributed by atoms with Crippen molar-refractivity contribution >= 4 is 12.1 Å². The van der Waals surface area contributed by atoms with E-state index in [1.165, 1.54) is 12.2 Å². The first-order valence-electron chi connectivity index (χ1n) is 7.74. The first-order chi connectivity index (χ1) is 11.0. The largest absolute Gasteiger partial charge is 0.469 e. The van der Waals surface area contributed by atoms with Crippen LogP contribution < -0.4 is 0 Å². The molecule has 1 aliphatic heterocycles. The number of ether oxygens (including phenoxy) is 2. The lowest BCUT2D eigenvalue weighted by Gasteiger charge is -2.21. The average molecular weight is 321 g/mol. The Morgan fingerprint density at radius 1 is 1.30 bits per heavy atom. The van der Waals surface area contributed by atoms with E-state index in [1.807, 2.05) is 44.2 Å². The van der Waals surface area contributed by atoms with Crippen LogP contribution in [0.1, 0.15) is 32.3 Å². The number of benzene rings is 1. The highest BCUT2D eigenvalue weighted by Crippen LogP contribution is 2.29. The van der Waals surface area contributed by atoms with Crippen molar-refractivity contribution in [2.24, 2.45) is 5.92 Å². The number of hydroxylamine groups is 2. The SMILES string of the molecule is COC(=O)CC1CC(C(C)C)ON1C(=O)OCc1ccccc1.